The van der Waals surface area contributed by atoms with Gasteiger partial charge in [-0.2, -0.15) is 13.2 Å². The Morgan fingerprint density at radius 3 is 2.33 bits per heavy atom. The number of imidazole rings is 1. The highest BCUT2D eigenvalue weighted by Gasteiger charge is 2.70. The minimum Gasteiger partial charge on any atom is -0.368 e. The summed E-state index contributed by atoms with van der Waals surface area (Å²) >= 11 is 0. The summed E-state index contributed by atoms with van der Waals surface area (Å²) in [6.07, 6.45) is -5.20. The number of fused-ring (bicyclic) bond motifs is 2. The number of hydrogen-bond donors (Lipinski definition) is 4. The fourth-order valence-electron chi connectivity index (χ4n) is 5.78. The van der Waals surface area contributed by atoms with Crippen LogP contribution in [0, 0.1) is 22.7 Å². The van der Waals surface area contributed by atoms with Crippen LogP contribution >= 0.6 is 0 Å². The molecule has 0 unspecified atom stereocenters. The Morgan fingerprint density at radius 2 is 1.75 bits per heavy atom. The van der Waals surface area contributed by atoms with Crippen molar-refractivity contribution in [2.24, 2.45) is 28.4 Å². The number of H-pyrrole nitrogens is 1. The fraction of sp³-hybridized carbons (Fsp3) is 0.577. The second kappa shape index (κ2) is 9.66. The maximum atomic E-state index is 13.7. The summed E-state index contributed by atoms with van der Waals surface area (Å²) in [4.78, 5) is 67.8. The molecule has 1 aliphatic heterocycles. The first-order chi connectivity index (χ1) is 18.4. The number of benzene rings is 1. The SMILES string of the molecule is CC(C)(C)[C@H](NC(=O)C(F)(F)F)C(=O)N1C[C@H]2[C@@H]([C@H]1C(=O)N[C@@H](Cn1c(=O)[nH]c3ccccc31)C(N)=O)C2(C)C. The molecule has 5 atom stereocenters. The summed E-state index contributed by atoms with van der Waals surface area (Å²) in [5.74, 6) is -5.19. The second-order valence-corrected chi connectivity index (χ2v) is 12.2. The number of primary amides is 1. The first-order valence-electron chi connectivity index (χ1n) is 12.8. The molecule has 1 aromatic carbocycles. The Balaban J connectivity index is 1.61. The van der Waals surface area contributed by atoms with Crippen molar-refractivity contribution >= 4 is 34.7 Å². The maximum absolute atomic E-state index is 13.7. The van der Waals surface area contributed by atoms with Crippen LogP contribution in [-0.2, 0) is 25.7 Å². The number of carbonyl (C=O) groups excluding carboxylic acids is 4. The smallest absolute Gasteiger partial charge is 0.368 e. The summed E-state index contributed by atoms with van der Waals surface area (Å²) < 4.78 is 40.4. The molecule has 4 amide bonds. The van der Waals surface area contributed by atoms with Gasteiger partial charge in [0.1, 0.15) is 18.1 Å². The number of piperidine rings is 1. The number of nitrogens with zero attached hydrogens (tertiary/aromatic N) is 2. The minimum absolute atomic E-state index is 0.0895. The van der Waals surface area contributed by atoms with Gasteiger partial charge >= 0.3 is 17.8 Å². The molecule has 2 aromatic rings. The van der Waals surface area contributed by atoms with Gasteiger partial charge < -0.3 is 26.3 Å². The third-order valence-corrected chi connectivity index (χ3v) is 8.11. The number of rotatable bonds is 7. The molecule has 2 heterocycles. The number of alkyl halides is 3. The Labute approximate surface area is 227 Å². The van der Waals surface area contributed by atoms with Crippen LogP contribution in [-0.4, -0.2) is 68.9 Å². The standard InChI is InChI=1S/C26H33F3N6O5/c1-24(2,3)18(33-22(39)26(27,28)29)21(38)35-10-12-16(25(12,4)5)17(35)20(37)31-14(19(30)36)11-34-15-9-7-6-8-13(15)32-23(34)40/h6-9,12,14,16-18H,10-11H2,1-5H3,(H2,30,36)(H,31,37)(H,32,40)(H,33,39)/t12-,14-,16-,17-,18+/m0/s1. The van der Waals surface area contributed by atoms with Gasteiger partial charge in [-0.3, -0.25) is 23.7 Å². The van der Waals surface area contributed by atoms with E-state index in [1.807, 2.05) is 13.8 Å². The van der Waals surface area contributed by atoms with Crippen molar-refractivity contribution in [3.05, 3.63) is 34.7 Å². The molecule has 14 heteroatoms. The lowest BCUT2D eigenvalue weighted by atomic mass is 9.85. The number of likely N-dealkylation sites (tertiary alicyclic amines) is 1. The lowest BCUT2D eigenvalue weighted by Crippen LogP contribution is -2.61. The van der Waals surface area contributed by atoms with E-state index < -0.39 is 59.0 Å². The Morgan fingerprint density at radius 1 is 1.12 bits per heavy atom. The van der Waals surface area contributed by atoms with Crippen molar-refractivity contribution in [3.63, 3.8) is 0 Å². The maximum Gasteiger partial charge on any atom is 0.471 e. The van der Waals surface area contributed by atoms with E-state index in [0.717, 1.165) is 0 Å². The summed E-state index contributed by atoms with van der Waals surface area (Å²) in [6, 6.07) is 2.72. The summed E-state index contributed by atoms with van der Waals surface area (Å²) in [5, 5.41) is 4.36. The zero-order chi connectivity index (χ0) is 29.9. The Hall–Kier alpha value is -3.84. The molecule has 0 bridgehead atoms. The van der Waals surface area contributed by atoms with E-state index in [0.29, 0.717) is 11.0 Å². The van der Waals surface area contributed by atoms with Crippen molar-refractivity contribution < 1.29 is 32.3 Å². The van der Waals surface area contributed by atoms with E-state index >= 15 is 0 Å². The molecular weight excluding hydrogens is 533 g/mol. The average molecular weight is 567 g/mol. The number of nitrogens with one attached hydrogen (secondary N) is 3. The van der Waals surface area contributed by atoms with Crippen LogP contribution in [0.1, 0.15) is 34.6 Å². The van der Waals surface area contributed by atoms with Crippen molar-refractivity contribution in [3.8, 4) is 0 Å². The van der Waals surface area contributed by atoms with Crippen LogP contribution in [0.3, 0.4) is 0 Å². The quantitative estimate of drug-likeness (QED) is 0.391. The van der Waals surface area contributed by atoms with Gasteiger partial charge in [-0.15, -0.1) is 0 Å². The van der Waals surface area contributed by atoms with Gasteiger partial charge in [0.25, 0.3) is 0 Å². The van der Waals surface area contributed by atoms with Crippen LogP contribution < -0.4 is 22.1 Å². The van der Waals surface area contributed by atoms with Gasteiger partial charge in [0.15, 0.2) is 0 Å². The molecule has 5 N–H and O–H groups in total. The Bertz CT molecular complexity index is 1420. The molecular formula is C26H33F3N6O5. The molecule has 4 rings (SSSR count). The fourth-order valence-corrected chi connectivity index (χ4v) is 5.78. The molecule has 218 valence electrons. The number of para-hydroxylation sites is 2. The number of carbonyl (C=O) groups is 4. The van der Waals surface area contributed by atoms with Gasteiger partial charge in [0.05, 0.1) is 17.6 Å². The van der Waals surface area contributed by atoms with Crippen LogP contribution in [0.2, 0.25) is 0 Å². The van der Waals surface area contributed by atoms with E-state index in [1.165, 1.54) is 30.2 Å². The zero-order valence-electron chi connectivity index (χ0n) is 22.8. The van der Waals surface area contributed by atoms with Crippen LogP contribution in [0.4, 0.5) is 13.2 Å². The number of aromatic nitrogens is 2. The average Bonchev–Trinajstić information content (AvgIpc) is 3.15. The molecule has 0 spiro atoms. The lowest BCUT2D eigenvalue weighted by molar-refractivity contribution is -0.176. The van der Waals surface area contributed by atoms with Crippen molar-refractivity contribution in [2.45, 2.75) is 65.5 Å². The largest absolute Gasteiger partial charge is 0.471 e. The van der Waals surface area contributed by atoms with E-state index in [4.69, 9.17) is 5.73 Å². The Kier molecular flexibility index (Phi) is 7.04. The van der Waals surface area contributed by atoms with Gasteiger partial charge in [0.2, 0.25) is 17.7 Å². The third kappa shape index (κ3) is 5.18. The van der Waals surface area contributed by atoms with Gasteiger partial charge in [0, 0.05) is 6.54 Å². The second-order valence-electron chi connectivity index (χ2n) is 12.2. The minimum atomic E-state index is -5.20. The number of halogens is 3. The van der Waals surface area contributed by atoms with Gasteiger partial charge in [-0.25, -0.2) is 4.79 Å². The molecule has 1 aliphatic carbocycles. The highest BCUT2D eigenvalue weighted by Crippen LogP contribution is 2.65. The topological polar surface area (TPSA) is 159 Å². The zero-order valence-corrected chi connectivity index (χ0v) is 22.8. The summed E-state index contributed by atoms with van der Waals surface area (Å²) in [5.41, 5.74) is 4.60. The van der Waals surface area contributed by atoms with E-state index in [1.54, 1.807) is 29.6 Å². The van der Waals surface area contributed by atoms with Gasteiger partial charge in [-0.1, -0.05) is 46.8 Å². The van der Waals surface area contributed by atoms with Crippen LogP contribution in [0.5, 0.6) is 0 Å². The molecule has 1 aromatic heterocycles. The number of amides is 4. The summed E-state index contributed by atoms with van der Waals surface area (Å²) in [7, 11) is 0. The van der Waals surface area contributed by atoms with Crippen molar-refractivity contribution in [2.75, 3.05) is 6.54 Å². The number of aromatic amines is 1. The van der Waals surface area contributed by atoms with E-state index in [-0.39, 0.29) is 30.3 Å². The highest BCUT2D eigenvalue weighted by molar-refractivity contribution is 5.96. The highest BCUT2D eigenvalue weighted by atomic mass is 19.4. The molecule has 2 fully saturated rings. The molecule has 40 heavy (non-hydrogen) atoms. The van der Waals surface area contributed by atoms with Gasteiger partial charge in [-0.05, 0) is 34.8 Å². The monoisotopic (exact) mass is 566 g/mol. The molecule has 1 saturated carbocycles. The van der Waals surface area contributed by atoms with Crippen LogP contribution in [0.15, 0.2) is 29.1 Å². The number of nitrogens with two attached hydrogens (primary N) is 1. The van der Waals surface area contributed by atoms with Crippen molar-refractivity contribution in [1.29, 1.82) is 0 Å². The normalized spacial score (nSPS) is 23.3. The van der Waals surface area contributed by atoms with E-state index in [2.05, 4.69) is 10.3 Å². The predicted molar refractivity (Wildman–Crippen MR) is 137 cm³/mol. The lowest BCUT2D eigenvalue weighted by Gasteiger charge is -2.38. The molecule has 2 aliphatic rings. The van der Waals surface area contributed by atoms with E-state index in [9.17, 15) is 37.1 Å². The first kappa shape index (κ1) is 29.2. The molecule has 0 radical (unpaired) electrons. The molecule has 11 nitrogen and oxygen atoms in total. The van der Waals surface area contributed by atoms with Crippen LogP contribution in [0.25, 0.3) is 11.0 Å². The molecule has 1 saturated heterocycles. The summed E-state index contributed by atoms with van der Waals surface area (Å²) in [6.45, 7) is 8.14. The first-order valence-corrected chi connectivity index (χ1v) is 12.8. The van der Waals surface area contributed by atoms with Crippen molar-refractivity contribution in [1.82, 2.24) is 25.1 Å². The third-order valence-electron chi connectivity index (χ3n) is 8.11. The predicted octanol–water partition coefficient (Wildman–Crippen LogP) is 0.876. The number of hydrogen-bond acceptors (Lipinski definition) is 5.